The molecule has 3 aliphatic carbocycles. The summed E-state index contributed by atoms with van der Waals surface area (Å²) in [5.41, 5.74) is 3.57. The monoisotopic (exact) mass is 302 g/mol. The first kappa shape index (κ1) is 13.7. The Bertz CT molecular complexity index is 875. The second kappa shape index (κ2) is 5.06. The molecule has 0 fully saturated rings. The van der Waals surface area contributed by atoms with Gasteiger partial charge in [0.25, 0.3) is 0 Å². The van der Waals surface area contributed by atoms with Crippen LogP contribution < -0.4 is 4.74 Å². The highest BCUT2D eigenvalue weighted by Gasteiger charge is 2.40. The zero-order chi connectivity index (χ0) is 16.0. The molecule has 1 aromatic carbocycles. The molecule has 4 rings (SSSR count). The Morgan fingerprint density at radius 3 is 1.87 bits per heavy atom. The summed E-state index contributed by atoms with van der Waals surface area (Å²) < 4.78 is 5.41. The van der Waals surface area contributed by atoms with Crippen LogP contribution in [0.4, 0.5) is 0 Å². The molecule has 0 saturated heterocycles. The number of hydrogen-bond acceptors (Lipinski definition) is 3. The van der Waals surface area contributed by atoms with Crippen molar-refractivity contribution in [2.45, 2.75) is 5.92 Å². The molecule has 0 aliphatic heterocycles. The number of fused-ring (bicyclic) bond motifs is 2. The van der Waals surface area contributed by atoms with Crippen LogP contribution in [0.3, 0.4) is 0 Å². The molecule has 23 heavy (non-hydrogen) atoms. The minimum absolute atomic E-state index is 0.122. The lowest BCUT2D eigenvalue weighted by Crippen LogP contribution is -2.12. The van der Waals surface area contributed by atoms with E-state index in [9.17, 15) is 9.59 Å². The molecule has 0 amide bonds. The molecule has 3 heteroatoms. The van der Waals surface area contributed by atoms with E-state index in [1.165, 1.54) is 0 Å². The van der Waals surface area contributed by atoms with Gasteiger partial charge in [0, 0.05) is 16.7 Å². The molecule has 0 N–H and O–H groups in total. The molecule has 0 unspecified atom stereocenters. The number of Topliss-reactive ketones (excluding diaryl/α,β-unsaturated/α-hetero) is 2. The van der Waals surface area contributed by atoms with Crippen molar-refractivity contribution in [2.24, 2.45) is 0 Å². The van der Waals surface area contributed by atoms with Crippen molar-refractivity contribution in [1.82, 2.24) is 0 Å². The third-order valence-corrected chi connectivity index (χ3v) is 4.43. The molecule has 1 aromatic rings. The van der Waals surface area contributed by atoms with E-state index in [0.29, 0.717) is 11.1 Å². The molecule has 0 bridgehead atoms. The minimum Gasteiger partial charge on any atom is -0.496 e. The number of benzene rings is 1. The summed E-state index contributed by atoms with van der Waals surface area (Å²) in [6.07, 6.45) is 0. The lowest BCUT2D eigenvalue weighted by Gasteiger charge is -2.09. The predicted octanol–water partition coefficient (Wildman–Crippen LogP) is 3.96. The Labute approximate surface area is 133 Å². The maximum atomic E-state index is 12.7. The third-order valence-electron chi connectivity index (χ3n) is 4.43. The van der Waals surface area contributed by atoms with Gasteiger partial charge in [-0.25, -0.2) is 0 Å². The van der Waals surface area contributed by atoms with Gasteiger partial charge >= 0.3 is 0 Å². The second-order valence-corrected chi connectivity index (χ2v) is 5.61. The third kappa shape index (κ3) is 1.90. The Morgan fingerprint density at radius 1 is 0.696 bits per heavy atom. The minimum atomic E-state index is -0.753. The zero-order valence-corrected chi connectivity index (χ0v) is 12.6. The van der Waals surface area contributed by atoms with E-state index in [-0.39, 0.29) is 11.6 Å². The standard InChI is InChI=1S/C20H14O3/c1-23-17-9-5-4-6-12-13(17)10-11-14(12)18-19(21)15-7-2-3-8-16(15)20(18)22/h2-11,18H,1H3. The quantitative estimate of drug-likeness (QED) is 0.673. The summed E-state index contributed by atoms with van der Waals surface area (Å²) >= 11 is 0. The Balaban J connectivity index is 1.88. The summed E-state index contributed by atoms with van der Waals surface area (Å²) in [5, 5.41) is 0. The molecular weight excluding hydrogens is 288 g/mol. The Hall–Kier alpha value is -2.94. The van der Waals surface area contributed by atoms with Gasteiger partial charge < -0.3 is 4.74 Å². The second-order valence-electron chi connectivity index (χ2n) is 5.61. The van der Waals surface area contributed by atoms with Gasteiger partial charge in [0.2, 0.25) is 0 Å². The van der Waals surface area contributed by atoms with Crippen LogP contribution in [-0.4, -0.2) is 18.7 Å². The summed E-state index contributed by atoms with van der Waals surface area (Å²) in [5.74, 6) is -0.268. The molecule has 0 spiro atoms. The zero-order valence-electron chi connectivity index (χ0n) is 12.6. The first-order valence-corrected chi connectivity index (χ1v) is 7.45. The van der Waals surface area contributed by atoms with Crippen molar-refractivity contribution in [3.63, 3.8) is 0 Å². The lowest BCUT2D eigenvalue weighted by molar-refractivity contribution is 0.0890. The molecule has 3 nitrogen and oxygen atoms in total. The fraction of sp³-hybridized carbons (Fsp3) is 0.100. The first-order chi connectivity index (χ1) is 11.2. The predicted molar refractivity (Wildman–Crippen MR) is 87.5 cm³/mol. The summed E-state index contributed by atoms with van der Waals surface area (Å²) in [6.45, 7) is 0. The molecule has 0 aromatic heterocycles. The van der Waals surface area contributed by atoms with Crippen LogP contribution in [0.1, 0.15) is 32.2 Å². The van der Waals surface area contributed by atoms with Gasteiger partial charge in [-0.05, 0) is 17.2 Å². The van der Waals surface area contributed by atoms with Crippen LogP contribution in [0, 0.1) is 0 Å². The van der Waals surface area contributed by atoms with Gasteiger partial charge in [-0.2, -0.15) is 0 Å². The molecule has 3 aliphatic rings. The Kier molecular flexibility index (Phi) is 3.01. The molecule has 112 valence electrons. The van der Waals surface area contributed by atoms with E-state index in [1.54, 1.807) is 31.4 Å². The van der Waals surface area contributed by atoms with Crippen molar-refractivity contribution in [3.05, 3.63) is 77.4 Å². The Morgan fingerprint density at radius 2 is 1.26 bits per heavy atom. The van der Waals surface area contributed by atoms with E-state index in [1.807, 2.05) is 36.4 Å². The summed E-state index contributed by atoms with van der Waals surface area (Å²) in [4.78, 5) is 25.5. The topological polar surface area (TPSA) is 43.4 Å². The average Bonchev–Trinajstić information content (AvgIpc) is 2.99. The normalized spacial score (nSPS) is 14.3. The van der Waals surface area contributed by atoms with Gasteiger partial charge in [-0.3, -0.25) is 9.59 Å². The highest BCUT2D eigenvalue weighted by Crippen LogP contribution is 2.42. The van der Waals surface area contributed by atoms with Crippen LogP contribution in [0.5, 0.6) is 5.75 Å². The number of carbonyl (C=O) groups excluding carboxylic acids is 2. The number of methoxy groups -OCH3 is 1. The van der Waals surface area contributed by atoms with Gasteiger partial charge in [-0.1, -0.05) is 54.6 Å². The van der Waals surface area contributed by atoms with Crippen LogP contribution in [0.2, 0.25) is 0 Å². The maximum Gasteiger partial charge on any atom is 0.178 e. The SMILES string of the molecule is COc1ccccc2c(C3C(=O)c4ccccc4C3=O)ccc1-2. The highest BCUT2D eigenvalue weighted by atomic mass is 16.5. The number of rotatable bonds is 2. The van der Waals surface area contributed by atoms with Crippen molar-refractivity contribution in [3.8, 4) is 16.9 Å². The number of ether oxygens (including phenoxy) is 1. The maximum absolute atomic E-state index is 12.7. The number of hydrogen-bond donors (Lipinski definition) is 0. The van der Waals surface area contributed by atoms with Crippen LogP contribution in [-0.2, 0) is 0 Å². The molecule has 0 atom stereocenters. The lowest BCUT2D eigenvalue weighted by atomic mass is 9.92. The number of carbonyl (C=O) groups is 2. The van der Waals surface area contributed by atoms with E-state index < -0.39 is 5.92 Å². The first-order valence-electron chi connectivity index (χ1n) is 7.45. The average molecular weight is 302 g/mol. The molecular formula is C20H14O3. The summed E-state index contributed by atoms with van der Waals surface area (Å²) in [6, 6.07) is 18.4. The van der Waals surface area contributed by atoms with Crippen molar-refractivity contribution in [2.75, 3.05) is 7.11 Å². The van der Waals surface area contributed by atoms with E-state index >= 15 is 0 Å². The van der Waals surface area contributed by atoms with Gasteiger partial charge in [0.05, 0.1) is 7.11 Å². The van der Waals surface area contributed by atoms with Gasteiger partial charge in [0.15, 0.2) is 11.6 Å². The highest BCUT2D eigenvalue weighted by molar-refractivity contribution is 6.30. The van der Waals surface area contributed by atoms with Crippen LogP contribution >= 0.6 is 0 Å². The molecule has 0 heterocycles. The van der Waals surface area contributed by atoms with Crippen molar-refractivity contribution >= 4 is 11.6 Å². The number of ketones is 2. The molecule has 0 saturated carbocycles. The van der Waals surface area contributed by atoms with E-state index in [4.69, 9.17) is 4.74 Å². The largest absolute Gasteiger partial charge is 0.496 e. The van der Waals surface area contributed by atoms with Gasteiger partial charge in [0.1, 0.15) is 11.7 Å². The smallest absolute Gasteiger partial charge is 0.178 e. The van der Waals surface area contributed by atoms with Crippen molar-refractivity contribution in [1.29, 1.82) is 0 Å². The van der Waals surface area contributed by atoms with Gasteiger partial charge in [-0.15, -0.1) is 0 Å². The fourth-order valence-electron chi connectivity index (χ4n) is 3.35. The summed E-state index contributed by atoms with van der Waals surface area (Å²) in [7, 11) is 1.61. The molecule has 0 radical (unpaired) electrons. The van der Waals surface area contributed by atoms with Crippen LogP contribution in [0.15, 0.2) is 60.7 Å². The van der Waals surface area contributed by atoms with E-state index in [0.717, 1.165) is 22.4 Å². The van der Waals surface area contributed by atoms with E-state index in [2.05, 4.69) is 0 Å². The van der Waals surface area contributed by atoms with Crippen molar-refractivity contribution < 1.29 is 14.3 Å². The fourth-order valence-corrected chi connectivity index (χ4v) is 3.35. The van der Waals surface area contributed by atoms with Crippen LogP contribution in [0.25, 0.3) is 11.1 Å².